The molecule has 2 heterocycles. The zero-order valence-electron chi connectivity index (χ0n) is 11.9. The number of rotatable bonds is 4. The summed E-state index contributed by atoms with van der Waals surface area (Å²) in [5, 5.41) is 14.6. The fourth-order valence-corrected chi connectivity index (χ4v) is 3.06. The van der Waals surface area contributed by atoms with Gasteiger partial charge >= 0.3 is 0 Å². The average Bonchev–Trinajstić information content (AvgIpc) is 3.03. The van der Waals surface area contributed by atoms with Gasteiger partial charge in [-0.05, 0) is 41.3 Å². The lowest BCUT2D eigenvalue weighted by molar-refractivity contribution is 0.0968. The monoisotopic (exact) mass is 271 g/mol. The molecule has 1 aliphatic heterocycles. The van der Waals surface area contributed by atoms with E-state index in [0.29, 0.717) is 6.04 Å². The Morgan fingerprint density at radius 2 is 2.15 bits per heavy atom. The predicted molar refractivity (Wildman–Crippen MR) is 76.8 cm³/mol. The first-order chi connectivity index (χ1) is 9.86. The Bertz CT molecular complexity index is 510. The lowest BCUT2D eigenvalue weighted by Gasteiger charge is -2.38. The number of hydrogen-bond acceptors (Lipinski definition) is 4. The fourth-order valence-electron chi connectivity index (χ4n) is 3.06. The van der Waals surface area contributed by atoms with Gasteiger partial charge in [-0.25, -0.2) is 5.10 Å². The lowest BCUT2D eigenvalue weighted by Crippen LogP contribution is -2.37. The first-order valence-electron chi connectivity index (χ1n) is 7.38. The van der Waals surface area contributed by atoms with Crippen LogP contribution in [0.25, 0.3) is 0 Å². The molecule has 3 rings (SSSR count). The molecular weight excluding hydrogens is 250 g/mol. The van der Waals surface area contributed by atoms with Crippen LogP contribution < -0.4 is 0 Å². The SMILES string of the molecule is CCC1CCN(Cc2ccccc2)C(c2nnn[nH]2)C1. The lowest BCUT2D eigenvalue weighted by atomic mass is 9.88. The Morgan fingerprint density at radius 3 is 2.85 bits per heavy atom. The highest BCUT2D eigenvalue weighted by Crippen LogP contribution is 2.34. The number of nitrogens with one attached hydrogen (secondary N) is 1. The van der Waals surface area contributed by atoms with Crippen molar-refractivity contribution < 1.29 is 0 Å². The van der Waals surface area contributed by atoms with E-state index < -0.39 is 0 Å². The highest BCUT2D eigenvalue weighted by Gasteiger charge is 2.30. The van der Waals surface area contributed by atoms with E-state index >= 15 is 0 Å². The van der Waals surface area contributed by atoms with E-state index in [1.54, 1.807) is 0 Å². The minimum absolute atomic E-state index is 0.309. The van der Waals surface area contributed by atoms with E-state index in [1.165, 1.54) is 18.4 Å². The van der Waals surface area contributed by atoms with Crippen molar-refractivity contribution in [1.82, 2.24) is 25.5 Å². The van der Waals surface area contributed by atoms with E-state index in [-0.39, 0.29) is 0 Å². The van der Waals surface area contributed by atoms with Crippen LogP contribution in [0.1, 0.15) is 43.6 Å². The summed E-state index contributed by atoms with van der Waals surface area (Å²) in [5.41, 5.74) is 1.35. The van der Waals surface area contributed by atoms with Crippen LogP contribution in [-0.4, -0.2) is 32.1 Å². The average molecular weight is 271 g/mol. The maximum absolute atomic E-state index is 4.14. The molecule has 0 amide bonds. The molecule has 0 bridgehead atoms. The van der Waals surface area contributed by atoms with Crippen molar-refractivity contribution in [1.29, 1.82) is 0 Å². The zero-order chi connectivity index (χ0) is 13.8. The van der Waals surface area contributed by atoms with E-state index in [4.69, 9.17) is 0 Å². The van der Waals surface area contributed by atoms with Crippen LogP contribution in [0.4, 0.5) is 0 Å². The summed E-state index contributed by atoms with van der Waals surface area (Å²) in [6, 6.07) is 10.9. The van der Waals surface area contributed by atoms with Crippen LogP contribution >= 0.6 is 0 Å². The molecule has 2 atom stereocenters. The summed E-state index contributed by atoms with van der Waals surface area (Å²) in [5.74, 6) is 1.68. The molecule has 0 saturated carbocycles. The van der Waals surface area contributed by atoms with Gasteiger partial charge in [-0.15, -0.1) is 5.10 Å². The highest BCUT2D eigenvalue weighted by molar-refractivity contribution is 5.15. The van der Waals surface area contributed by atoms with Crippen LogP contribution in [0.15, 0.2) is 30.3 Å². The van der Waals surface area contributed by atoms with E-state index in [0.717, 1.165) is 31.3 Å². The number of tetrazole rings is 1. The molecule has 1 aromatic heterocycles. The summed E-state index contributed by atoms with van der Waals surface area (Å²) in [4.78, 5) is 2.49. The van der Waals surface area contributed by atoms with Crippen molar-refractivity contribution in [3.63, 3.8) is 0 Å². The standard InChI is InChI=1S/C15H21N5/c1-2-12-8-9-20(11-13-6-4-3-5-7-13)14(10-12)15-16-18-19-17-15/h3-7,12,14H,2,8-11H2,1H3,(H,16,17,18,19). The Morgan fingerprint density at radius 1 is 1.30 bits per heavy atom. The summed E-state index contributed by atoms with van der Waals surface area (Å²) in [7, 11) is 0. The van der Waals surface area contributed by atoms with Crippen molar-refractivity contribution in [2.45, 2.75) is 38.8 Å². The number of benzene rings is 1. The third-order valence-electron chi connectivity index (χ3n) is 4.31. The molecule has 1 aromatic carbocycles. The normalized spacial score (nSPS) is 23.9. The molecule has 1 saturated heterocycles. The molecule has 5 nitrogen and oxygen atoms in total. The van der Waals surface area contributed by atoms with Crippen molar-refractivity contribution >= 4 is 0 Å². The summed E-state index contributed by atoms with van der Waals surface area (Å²) >= 11 is 0. The van der Waals surface area contributed by atoms with Gasteiger partial charge in [0, 0.05) is 6.54 Å². The molecule has 106 valence electrons. The van der Waals surface area contributed by atoms with E-state index in [9.17, 15) is 0 Å². The molecule has 1 fully saturated rings. The number of hydrogen-bond donors (Lipinski definition) is 1. The number of likely N-dealkylation sites (tertiary alicyclic amines) is 1. The van der Waals surface area contributed by atoms with Crippen LogP contribution in [0.5, 0.6) is 0 Å². The zero-order valence-corrected chi connectivity index (χ0v) is 11.9. The van der Waals surface area contributed by atoms with Crippen LogP contribution in [-0.2, 0) is 6.54 Å². The van der Waals surface area contributed by atoms with E-state index in [2.05, 4.69) is 62.8 Å². The van der Waals surface area contributed by atoms with Crippen LogP contribution in [0, 0.1) is 5.92 Å². The topological polar surface area (TPSA) is 57.7 Å². The minimum Gasteiger partial charge on any atom is -0.289 e. The van der Waals surface area contributed by atoms with Gasteiger partial charge < -0.3 is 0 Å². The Balaban J connectivity index is 1.77. The highest BCUT2D eigenvalue weighted by atomic mass is 15.5. The van der Waals surface area contributed by atoms with Crippen molar-refractivity contribution in [2.75, 3.05) is 6.54 Å². The summed E-state index contributed by atoms with van der Waals surface area (Å²) in [6.45, 7) is 4.34. The fraction of sp³-hybridized carbons (Fsp3) is 0.533. The molecule has 1 aliphatic rings. The van der Waals surface area contributed by atoms with Crippen molar-refractivity contribution in [3.8, 4) is 0 Å². The molecule has 2 aromatic rings. The Hall–Kier alpha value is -1.75. The van der Waals surface area contributed by atoms with Crippen molar-refractivity contribution in [2.24, 2.45) is 5.92 Å². The number of aromatic nitrogens is 4. The van der Waals surface area contributed by atoms with Gasteiger partial charge in [-0.2, -0.15) is 0 Å². The second-order valence-corrected chi connectivity index (χ2v) is 5.56. The molecule has 5 heteroatoms. The molecule has 0 spiro atoms. The number of nitrogens with zero attached hydrogens (tertiary/aromatic N) is 4. The number of H-pyrrole nitrogens is 1. The largest absolute Gasteiger partial charge is 0.289 e. The molecule has 1 N–H and O–H groups in total. The van der Waals surface area contributed by atoms with Gasteiger partial charge in [-0.3, -0.25) is 4.90 Å². The summed E-state index contributed by atoms with van der Waals surface area (Å²) in [6.07, 6.45) is 3.64. The summed E-state index contributed by atoms with van der Waals surface area (Å²) < 4.78 is 0. The minimum atomic E-state index is 0.309. The molecule has 0 aliphatic carbocycles. The third kappa shape index (κ3) is 2.88. The number of aromatic amines is 1. The van der Waals surface area contributed by atoms with Gasteiger partial charge in [0.05, 0.1) is 6.04 Å². The van der Waals surface area contributed by atoms with E-state index in [1.807, 2.05) is 0 Å². The van der Waals surface area contributed by atoms with Crippen molar-refractivity contribution in [3.05, 3.63) is 41.7 Å². The first kappa shape index (κ1) is 13.2. The second kappa shape index (κ2) is 6.13. The van der Waals surface area contributed by atoms with Gasteiger partial charge in [0.15, 0.2) is 5.82 Å². The molecule has 2 unspecified atom stereocenters. The maximum atomic E-state index is 4.14. The van der Waals surface area contributed by atoms with Crippen LogP contribution in [0.3, 0.4) is 0 Å². The van der Waals surface area contributed by atoms with Crippen LogP contribution in [0.2, 0.25) is 0 Å². The number of piperidine rings is 1. The van der Waals surface area contributed by atoms with Gasteiger partial charge in [-0.1, -0.05) is 43.7 Å². The third-order valence-corrected chi connectivity index (χ3v) is 4.31. The molecular formula is C15H21N5. The van der Waals surface area contributed by atoms with Gasteiger partial charge in [0.2, 0.25) is 0 Å². The smallest absolute Gasteiger partial charge is 0.165 e. The van der Waals surface area contributed by atoms with Gasteiger partial charge in [0.1, 0.15) is 0 Å². The molecule has 0 radical (unpaired) electrons. The Kier molecular flexibility index (Phi) is 4.06. The van der Waals surface area contributed by atoms with Gasteiger partial charge in [0.25, 0.3) is 0 Å². The molecule has 20 heavy (non-hydrogen) atoms. The Labute approximate surface area is 119 Å². The quantitative estimate of drug-likeness (QED) is 0.928. The maximum Gasteiger partial charge on any atom is 0.165 e. The predicted octanol–water partition coefficient (Wildman–Crippen LogP) is 2.56. The second-order valence-electron chi connectivity index (χ2n) is 5.56. The first-order valence-corrected chi connectivity index (χ1v) is 7.38.